The zero-order valence-electron chi connectivity index (χ0n) is 12.7. The maximum absolute atomic E-state index is 4.52. The van der Waals surface area contributed by atoms with Crippen LogP contribution in [0.5, 0.6) is 0 Å². The van der Waals surface area contributed by atoms with Gasteiger partial charge in [0.05, 0.1) is 16.0 Å². The van der Waals surface area contributed by atoms with Gasteiger partial charge in [-0.2, -0.15) is 9.98 Å². The summed E-state index contributed by atoms with van der Waals surface area (Å²) in [7, 11) is 0. The van der Waals surface area contributed by atoms with Gasteiger partial charge in [0.1, 0.15) is 6.01 Å². The van der Waals surface area contributed by atoms with E-state index in [0.717, 1.165) is 11.4 Å². The third-order valence-corrected chi connectivity index (χ3v) is 6.59. The van der Waals surface area contributed by atoms with Crippen molar-refractivity contribution in [2.45, 2.75) is 18.4 Å². The lowest BCUT2D eigenvalue weighted by Gasteiger charge is -2.12. The summed E-state index contributed by atoms with van der Waals surface area (Å²) in [5.41, 5.74) is 5.60. The Bertz CT molecular complexity index is 710. The van der Waals surface area contributed by atoms with Gasteiger partial charge in [0.2, 0.25) is 0 Å². The molecule has 1 aliphatic heterocycles. The third kappa shape index (κ3) is 3.64. The van der Waals surface area contributed by atoms with Crippen molar-refractivity contribution in [1.82, 2.24) is 0 Å². The fraction of sp³-hybridized carbons (Fsp3) is 0.278. The first-order valence-corrected chi connectivity index (χ1v) is 9.39. The molecule has 1 aliphatic rings. The molecule has 0 atom stereocenters. The summed E-state index contributed by atoms with van der Waals surface area (Å²) in [5.74, 6) is 2.42. The lowest BCUT2D eigenvalue weighted by atomic mass is 10.1. The highest BCUT2D eigenvalue weighted by atomic mass is 32.2. The maximum atomic E-state index is 4.52. The van der Waals surface area contributed by atoms with Crippen molar-refractivity contribution in [2.75, 3.05) is 11.5 Å². The van der Waals surface area contributed by atoms with Gasteiger partial charge in [0, 0.05) is 17.1 Å². The highest BCUT2D eigenvalue weighted by molar-refractivity contribution is 8.19. The first-order chi connectivity index (χ1) is 10.7. The first-order valence-electron chi connectivity index (χ1n) is 7.30. The fourth-order valence-corrected chi connectivity index (χ4v) is 5.21. The number of hydrogen-bond acceptors (Lipinski definition) is 4. The van der Waals surface area contributed by atoms with Crippen molar-refractivity contribution < 1.29 is 0 Å². The van der Waals surface area contributed by atoms with Gasteiger partial charge >= 0.3 is 0 Å². The van der Waals surface area contributed by atoms with Crippen LogP contribution in [0.15, 0.2) is 52.4 Å². The van der Waals surface area contributed by atoms with Crippen LogP contribution >= 0.6 is 23.5 Å². The molecule has 4 heteroatoms. The molecule has 0 saturated carbocycles. The van der Waals surface area contributed by atoms with Gasteiger partial charge in [-0.25, -0.2) is 0 Å². The van der Waals surface area contributed by atoms with Gasteiger partial charge in [-0.05, 0) is 31.5 Å². The van der Waals surface area contributed by atoms with Gasteiger partial charge in [0.15, 0.2) is 0 Å². The van der Waals surface area contributed by atoms with E-state index in [0.29, 0.717) is 4.58 Å². The normalized spacial score (nSPS) is 14.6. The van der Waals surface area contributed by atoms with Crippen LogP contribution < -0.4 is 0 Å². The molecule has 1 heterocycles. The molecule has 0 N–H and O–H groups in total. The van der Waals surface area contributed by atoms with Crippen LogP contribution in [0.25, 0.3) is 0 Å². The molecule has 112 valence electrons. The molecular weight excluding hydrogens is 308 g/mol. The number of rotatable bonds is 3. The average molecular weight is 326 g/mol. The Morgan fingerprint density at radius 2 is 1.68 bits per heavy atom. The molecule has 2 aromatic rings. The zero-order valence-corrected chi connectivity index (χ0v) is 14.4. The summed E-state index contributed by atoms with van der Waals surface area (Å²) in [4.78, 5) is 8.85. The number of hydrogen-bond donors (Lipinski definition) is 0. The summed E-state index contributed by atoms with van der Waals surface area (Å²) in [5, 5.41) is 0. The molecule has 22 heavy (non-hydrogen) atoms. The van der Waals surface area contributed by atoms with Crippen molar-refractivity contribution in [3.05, 3.63) is 59.2 Å². The van der Waals surface area contributed by atoms with Gasteiger partial charge in [-0.3, -0.25) is 0 Å². The molecule has 1 fully saturated rings. The minimum atomic E-state index is 0.486. The summed E-state index contributed by atoms with van der Waals surface area (Å²) >= 11 is 3.99. The zero-order chi connectivity index (χ0) is 15.4. The van der Waals surface area contributed by atoms with E-state index < -0.39 is 0 Å². The number of aryl methyl sites for hydroxylation is 2. The van der Waals surface area contributed by atoms with E-state index in [2.05, 4.69) is 48.0 Å². The SMILES string of the molecule is Cc1ccc(N=C=Nc2c(C)cccc2C2SCCS2)cc1. The van der Waals surface area contributed by atoms with Crippen molar-refractivity contribution >= 4 is 40.9 Å². The van der Waals surface area contributed by atoms with Crippen molar-refractivity contribution in [3.8, 4) is 0 Å². The quantitative estimate of drug-likeness (QED) is 0.654. The number of thioether (sulfide) groups is 2. The van der Waals surface area contributed by atoms with E-state index in [4.69, 9.17) is 0 Å². The van der Waals surface area contributed by atoms with Crippen LogP contribution in [0, 0.1) is 13.8 Å². The highest BCUT2D eigenvalue weighted by Crippen LogP contribution is 2.48. The second kappa shape index (κ2) is 7.19. The lowest BCUT2D eigenvalue weighted by Crippen LogP contribution is -1.88. The van der Waals surface area contributed by atoms with Crippen molar-refractivity contribution in [1.29, 1.82) is 0 Å². The number of nitrogens with zero attached hydrogens (tertiary/aromatic N) is 2. The second-order valence-electron chi connectivity index (χ2n) is 5.25. The summed E-state index contributed by atoms with van der Waals surface area (Å²) in [6, 6.07) is 17.3. The number of benzene rings is 2. The molecule has 0 unspecified atom stereocenters. The minimum absolute atomic E-state index is 0.486. The Balaban J connectivity index is 1.90. The standard InChI is InChI=1S/C18H18N2S2/c1-13-6-8-15(9-7-13)19-12-20-17-14(2)4-3-5-16(17)18-21-10-11-22-18/h3-9,18H,10-11H2,1-2H3. The molecule has 0 aromatic heterocycles. The lowest BCUT2D eigenvalue weighted by molar-refractivity contribution is 1.30. The molecule has 0 amide bonds. The minimum Gasteiger partial charge on any atom is -0.188 e. The highest BCUT2D eigenvalue weighted by Gasteiger charge is 2.21. The smallest absolute Gasteiger partial charge is 0.100 e. The molecule has 0 aliphatic carbocycles. The molecular formula is C18H18N2S2. The summed E-state index contributed by atoms with van der Waals surface area (Å²) < 4.78 is 0.486. The largest absolute Gasteiger partial charge is 0.188 e. The predicted molar refractivity (Wildman–Crippen MR) is 99.2 cm³/mol. The van der Waals surface area contributed by atoms with Crippen LogP contribution in [-0.4, -0.2) is 17.5 Å². The molecule has 1 saturated heterocycles. The Kier molecular flexibility index (Phi) is 5.04. The predicted octanol–water partition coefficient (Wildman–Crippen LogP) is 5.92. The van der Waals surface area contributed by atoms with Crippen LogP contribution in [0.3, 0.4) is 0 Å². The fourth-order valence-electron chi connectivity index (χ4n) is 2.31. The van der Waals surface area contributed by atoms with E-state index in [-0.39, 0.29) is 0 Å². The molecule has 0 radical (unpaired) electrons. The van der Waals surface area contributed by atoms with E-state index in [1.807, 2.05) is 47.8 Å². The van der Waals surface area contributed by atoms with Crippen molar-refractivity contribution in [2.24, 2.45) is 9.98 Å². The molecule has 3 rings (SSSR count). The van der Waals surface area contributed by atoms with Crippen LogP contribution in [0.4, 0.5) is 11.4 Å². The van der Waals surface area contributed by atoms with Crippen LogP contribution in [0.2, 0.25) is 0 Å². The second-order valence-corrected chi connectivity index (χ2v) is 7.97. The average Bonchev–Trinajstić information content (AvgIpc) is 3.05. The Morgan fingerprint density at radius 1 is 0.955 bits per heavy atom. The molecule has 2 aromatic carbocycles. The third-order valence-electron chi connectivity index (χ3n) is 3.52. The Morgan fingerprint density at radius 3 is 2.41 bits per heavy atom. The van der Waals surface area contributed by atoms with Gasteiger partial charge < -0.3 is 0 Å². The van der Waals surface area contributed by atoms with Crippen LogP contribution in [0.1, 0.15) is 21.3 Å². The van der Waals surface area contributed by atoms with E-state index in [1.54, 1.807) is 0 Å². The first kappa shape index (κ1) is 15.4. The van der Waals surface area contributed by atoms with E-state index in [1.165, 1.54) is 28.2 Å². The molecule has 2 nitrogen and oxygen atoms in total. The van der Waals surface area contributed by atoms with Crippen LogP contribution in [-0.2, 0) is 0 Å². The topological polar surface area (TPSA) is 24.7 Å². The monoisotopic (exact) mass is 326 g/mol. The van der Waals surface area contributed by atoms with E-state index in [9.17, 15) is 0 Å². The summed E-state index contributed by atoms with van der Waals surface area (Å²) in [6.07, 6.45) is 0. The van der Waals surface area contributed by atoms with Gasteiger partial charge in [-0.1, -0.05) is 35.9 Å². The maximum Gasteiger partial charge on any atom is 0.100 e. The van der Waals surface area contributed by atoms with E-state index >= 15 is 0 Å². The van der Waals surface area contributed by atoms with Gasteiger partial charge in [-0.15, -0.1) is 23.5 Å². The number of para-hydroxylation sites is 1. The van der Waals surface area contributed by atoms with Crippen molar-refractivity contribution in [3.63, 3.8) is 0 Å². The summed E-state index contributed by atoms with van der Waals surface area (Å²) in [6.45, 7) is 4.16. The number of aliphatic imine (C=N–C) groups is 2. The Labute approximate surface area is 140 Å². The van der Waals surface area contributed by atoms with Gasteiger partial charge in [0.25, 0.3) is 0 Å². The molecule has 0 bridgehead atoms. The molecule has 0 spiro atoms. The Hall–Kier alpha value is -1.48.